The zero-order valence-electron chi connectivity index (χ0n) is 10.3. The Morgan fingerprint density at radius 1 is 1.33 bits per heavy atom. The van der Waals surface area contributed by atoms with Crippen molar-refractivity contribution in [3.05, 3.63) is 28.8 Å². The van der Waals surface area contributed by atoms with E-state index in [-0.39, 0.29) is 10.6 Å². The van der Waals surface area contributed by atoms with Crippen LogP contribution in [0.4, 0.5) is 5.69 Å². The lowest BCUT2D eigenvalue weighted by Gasteiger charge is -2.22. The van der Waals surface area contributed by atoms with Crippen LogP contribution in [0.1, 0.15) is 42.5 Å². The Hall–Kier alpha value is -1.22. The molecule has 0 atom stereocenters. The summed E-state index contributed by atoms with van der Waals surface area (Å²) in [6, 6.07) is 5.07. The number of anilines is 1. The Labute approximate surface area is 112 Å². The molecular formula is C14H18ClNO2. The number of hydrogen-bond acceptors (Lipinski definition) is 2. The lowest BCUT2D eigenvalue weighted by Crippen LogP contribution is -2.17. The van der Waals surface area contributed by atoms with Gasteiger partial charge in [-0.25, -0.2) is 4.79 Å². The first-order valence-electron chi connectivity index (χ1n) is 6.43. The Bertz CT molecular complexity index is 428. The highest BCUT2D eigenvalue weighted by Crippen LogP contribution is 2.25. The molecule has 3 nitrogen and oxygen atoms in total. The molecule has 0 amide bonds. The molecule has 0 heterocycles. The van der Waals surface area contributed by atoms with Gasteiger partial charge in [-0.1, -0.05) is 30.9 Å². The summed E-state index contributed by atoms with van der Waals surface area (Å²) in [6.45, 7) is 0.917. The fraction of sp³-hybridized carbons (Fsp3) is 0.500. The Balaban J connectivity index is 1.96. The van der Waals surface area contributed by atoms with Crippen LogP contribution in [0.25, 0.3) is 0 Å². The highest BCUT2D eigenvalue weighted by Gasteiger charge is 2.14. The molecule has 0 aliphatic heterocycles. The van der Waals surface area contributed by atoms with Crippen molar-refractivity contribution in [1.82, 2.24) is 0 Å². The molecule has 1 saturated carbocycles. The summed E-state index contributed by atoms with van der Waals surface area (Å²) in [5.41, 5.74) is 0.993. The number of aromatic carboxylic acids is 1. The molecule has 2 N–H and O–H groups in total. The summed E-state index contributed by atoms with van der Waals surface area (Å²) in [5, 5.41) is 12.6. The van der Waals surface area contributed by atoms with Gasteiger partial charge in [0.05, 0.1) is 10.6 Å². The zero-order chi connectivity index (χ0) is 13.0. The van der Waals surface area contributed by atoms with Crippen molar-refractivity contribution in [2.24, 2.45) is 5.92 Å². The third kappa shape index (κ3) is 3.39. The van der Waals surface area contributed by atoms with Crippen LogP contribution in [-0.2, 0) is 0 Å². The van der Waals surface area contributed by atoms with Crippen molar-refractivity contribution in [1.29, 1.82) is 0 Å². The van der Waals surface area contributed by atoms with Gasteiger partial charge in [0.15, 0.2) is 0 Å². The first-order valence-corrected chi connectivity index (χ1v) is 6.81. The normalized spacial score (nSPS) is 16.5. The summed E-state index contributed by atoms with van der Waals surface area (Å²) in [5.74, 6) is -0.274. The van der Waals surface area contributed by atoms with Gasteiger partial charge in [0, 0.05) is 12.2 Å². The molecule has 1 aliphatic carbocycles. The Kier molecular flexibility index (Phi) is 4.48. The van der Waals surface area contributed by atoms with Crippen molar-refractivity contribution in [2.45, 2.75) is 32.1 Å². The van der Waals surface area contributed by atoms with Gasteiger partial charge in [0.1, 0.15) is 0 Å². The van der Waals surface area contributed by atoms with Crippen LogP contribution in [0.3, 0.4) is 0 Å². The zero-order valence-corrected chi connectivity index (χ0v) is 11.0. The topological polar surface area (TPSA) is 49.3 Å². The van der Waals surface area contributed by atoms with Crippen LogP contribution >= 0.6 is 11.6 Å². The van der Waals surface area contributed by atoms with Crippen molar-refractivity contribution in [3.8, 4) is 0 Å². The molecular weight excluding hydrogens is 250 g/mol. The van der Waals surface area contributed by atoms with Crippen molar-refractivity contribution in [3.63, 3.8) is 0 Å². The average molecular weight is 268 g/mol. The van der Waals surface area contributed by atoms with E-state index in [1.54, 1.807) is 12.1 Å². The number of nitrogens with one attached hydrogen (secondary N) is 1. The summed E-state index contributed by atoms with van der Waals surface area (Å²) < 4.78 is 0. The molecule has 98 valence electrons. The summed E-state index contributed by atoms with van der Waals surface area (Å²) in [6.07, 6.45) is 6.51. The van der Waals surface area contributed by atoms with Crippen molar-refractivity contribution < 1.29 is 9.90 Å². The predicted octanol–water partition coefficient (Wildman–Crippen LogP) is 4.03. The number of hydrogen-bond donors (Lipinski definition) is 2. The maximum Gasteiger partial charge on any atom is 0.337 e. The minimum Gasteiger partial charge on any atom is -0.478 e. The fourth-order valence-electron chi connectivity index (χ4n) is 2.45. The molecule has 1 aromatic carbocycles. The third-order valence-electron chi connectivity index (χ3n) is 3.52. The molecule has 18 heavy (non-hydrogen) atoms. The third-order valence-corrected chi connectivity index (χ3v) is 3.85. The van der Waals surface area contributed by atoms with Crippen LogP contribution in [-0.4, -0.2) is 17.6 Å². The second-order valence-corrected chi connectivity index (χ2v) is 5.29. The molecule has 1 aromatic rings. The number of carboxylic acid groups (broad SMARTS) is 1. The number of rotatable bonds is 4. The molecule has 0 saturated heterocycles. The SMILES string of the molecule is O=C(O)c1cc(NCC2CCCCC2)ccc1Cl. The average Bonchev–Trinajstić information content (AvgIpc) is 2.38. The van der Waals surface area contributed by atoms with Gasteiger partial charge in [-0.3, -0.25) is 0 Å². The molecule has 1 aliphatic rings. The van der Waals surface area contributed by atoms with E-state index in [4.69, 9.17) is 16.7 Å². The van der Waals surface area contributed by atoms with Crippen LogP contribution in [0, 0.1) is 5.92 Å². The largest absolute Gasteiger partial charge is 0.478 e. The van der Waals surface area contributed by atoms with E-state index in [9.17, 15) is 4.79 Å². The highest BCUT2D eigenvalue weighted by atomic mass is 35.5. The number of benzene rings is 1. The van der Waals surface area contributed by atoms with E-state index in [0.717, 1.165) is 12.2 Å². The van der Waals surface area contributed by atoms with Crippen molar-refractivity contribution >= 4 is 23.3 Å². The highest BCUT2D eigenvalue weighted by molar-refractivity contribution is 6.33. The van der Waals surface area contributed by atoms with Gasteiger partial charge >= 0.3 is 5.97 Å². The number of carbonyl (C=O) groups is 1. The van der Waals surface area contributed by atoms with E-state index >= 15 is 0 Å². The molecule has 2 rings (SSSR count). The van der Waals surface area contributed by atoms with E-state index in [0.29, 0.717) is 5.92 Å². The second kappa shape index (κ2) is 6.10. The molecule has 0 radical (unpaired) electrons. The Morgan fingerprint density at radius 3 is 2.72 bits per heavy atom. The lowest BCUT2D eigenvalue weighted by molar-refractivity contribution is 0.0697. The van der Waals surface area contributed by atoms with Gasteiger partial charge < -0.3 is 10.4 Å². The van der Waals surface area contributed by atoms with Crippen LogP contribution in [0.2, 0.25) is 5.02 Å². The minimum atomic E-state index is -0.985. The van der Waals surface area contributed by atoms with Crippen LogP contribution < -0.4 is 5.32 Å². The molecule has 0 spiro atoms. The second-order valence-electron chi connectivity index (χ2n) is 4.88. The van der Waals surface area contributed by atoms with Crippen LogP contribution in [0.15, 0.2) is 18.2 Å². The summed E-state index contributed by atoms with van der Waals surface area (Å²) in [7, 11) is 0. The summed E-state index contributed by atoms with van der Waals surface area (Å²) in [4.78, 5) is 11.0. The first kappa shape index (κ1) is 13.2. The van der Waals surface area contributed by atoms with E-state index < -0.39 is 5.97 Å². The van der Waals surface area contributed by atoms with E-state index in [2.05, 4.69) is 5.32 Å². The molecule has 0 bridgehead atoms. The smallest absolute Gasteiger partial charge is 0.337 e. The van der Waals surface area contributed by atoms with Gasteiger partial charge in [-0.05, 0) is 37.0 Å². The minimum absolute atomic E-state index is 0.158. The van der Waals surface area contributed by atoms with Gasteiger partial charge in [-0.2, -0.15) is 0 Å². The quantitative estimate of drug-likeness (QED) is 0.866. The van der Waals surface area contributed by atoms with Crippen LogP contribution in [0.5, 0.6) is 0 Å². The number of carboxylic acids is 1. The summed E-state index contributed by atoms with van der Waals surface area (Å²) >= 11 is 5.83. The molecule has 0 unspecified atom stereocenters. The lowest BCUT2D eigenvalue weighted by atomic mass is 9.89. The maximum atomic E-state index is 11.0. The van der Waals surface area contributed by atoms with Crippen molar-refractivity contribution in [2.75, 3.05) is 11.9 Å². The van der Waals surface area contributed by atoms with E-state index in [1.165, 1.54) is 32.1 Å². The molecule has 0 aromatic heterocycles. The predicted molar refractivity (Wildman–Crippen MR) is 73.5 cm³/mol. The molecule has 4 heteroatoms. The Morgan fingerprint density at radius 2 is 2.06 bits per heavy atom. The van der Waals surface area contributed by atoms with Gasteiger partial charge in [0.25, 0.3) is 0 Å². The maximum absolute atomic E-state index is 11.0. The standard InChI is InChI=1S/C14H18ClNO2/c15-13-7-6-11(8-12(13)14(17)18)16-9-10-4-2-1-3-5-10/h6-8,10,16H,1-5,9H2,(H,17,18). The molecule has 1 fully saturated rings. The first-order chi connectivity index (χ1) is 8.66. The van der Waals surface area contributed by atoms with E-state index in [1.807, 2.05) is 6.07 Å². The monoisotopic (exact) mass is 267 g/mol. The number of halogens is 1. The van der Waals surface area contributed by atoms with Gasteiger partial charge in [0.2, 0.25) is 0 Å². The van der Waals surface area contributed by atoms with Gasteiger partial charge in [-0.15, -0.1) is 0 Å². The fourth-order valence-corrected chi connectivity index (χ4v) is 2.65.